The number of hydrogen-bond donors (Lipinski definition) is 2. The van der Waals surface area contributed by atoms with E-state index in [-0.39, 0.29) is 6.07 Å². The Morgan fingerprint density at radius 3 is 2.12 bits per heavy atom. The fourth-order valence-corrected chi connectivity index (χ4v) is 2.07. The van der Waals surface area contributed by atoms with Crippen molar-refractivity contribution in [2.24, 2.45) is 0 Å². The molecule has 122 valence electrons. The van der Waals surface area contributed by atoms with Crippen LogP contribution in [-0.2, 0) is 6.18 Å². The number of H-pyrrole nitrogens is 1. The summed E-state index contributed by atoms with van der Waals surface area (Å²) in [6.07, 6.45) is -5.15. The molecule has 2 aromatic rings. The number of aromatic amines is 1. The van der Waals surface area contributed by atoms with E-state index >= 15 is 0 Å². The Balaban J connectivity index is 2.95. The summed E-state index contributed by atoms with van der Waals surface area (Å²) >= 11 is 0. The van der Waals surface area contributed by atoms with Crippen LogP contribution in [0.15, 0.2) is 16.9 Å². The van der Waals surface area contributed by atoms with E-state index in [0.29, 0.717) is 6.07 Å². The van der Waals surface area contributed by atoms with Crippen molar-refractivity contribution >= 4 is 5.82 Å². The fraction of sp³-hybridized carbons (Fsp3) is 0.0714. The van der Waals surface area contributed by atoms with Crippen LogP contribution in [0.4, 0.5) is 27.8 Å². The number of alkyl halides is 3. The molecule has 0 saturated carbocycles. The molecule has 0 atom stereocenters. The summed E-state index contributed by atoms with van der Waals surface area (Å²) in [6, 6.07) is 3.66. The molecule has 0 aliphatic heterocycles. The first kappa shape index (κ1) is 17.0. The van der Waals surface area contributed by atoms with Gasteiger partial charge in [-0.05, 0) is 6.07 Å². The predicted octanol–water partition coefficient (Wildman–Crippen LogP) is 2.66. The minimum Gasteiger partial charge on any atom is -0.384 e. The van der Waals surface area contributed by atoms with Crippen molar-refractivity contribution in [2.75, 3.05) is 5.73 Å². The Hall–Kier alpha value is -3.40. The topological polar surface area (TPSA) is 106 Å². The number of benzene rings is 1. The molecule has 2 rings (SSSR count). The normalized spacial score (nSPS) is 11.0. The summed E-state index contributed by atoms with van der Waals surface area (Å²) in [7, 11) is 0. The summed E-state index contributed by atoms with van der Waals surface area (Å²) in [4.78, 5) is 13.7. The molecule has 0 unspecified atom stereocenters. The molecule has 0 spiro atoms. The third-order valence-corrected chi connectivity index (χ3v) is 3.13. The summed E-state index contributed by atoms with van der Waals surface area (Å²) in [5.41, 5.74) is -0.433. The van der Waals surface area contributed by atoms with Gasteiger partial charge in [-0.25, -0.2) is 8.78 Å². The number of aromatic nitrogens is 1. The number of pyridine rings is 1. The highest BCUT2D eigenvalue weighted by Crippen LogP contribution is 2.37. The van der Waals surface area contributed by atoms with Crippen molar-refractivity contribution < 1.29 is 22.0 Å². The molecule has 0 fully saturated rings. The van der Waals surface area contributed by atoms with E-state index in [9.17, 15) is 26.7 Å². The first-order valence-corrected chi connectivity index (χ1v) is 6.05. The van der Waals surface area contributed by atoms with Crippen LogP contribution in [0.2, 0.25) is 0 Å². The van der Waals surface area contributed by atoms with Crippen molar-refractivity contribution in [3.63, 3.8) is 0 Å². The Labute approximate surface area is 130 Å². The molecule has 24 heavy (non-hydrogen) atoms. The average molecular weight is 340 g/mol. The van der Waals surface area contributed by atoms with E-state index in [0.717, 1.165) is 0 Å². The van der Waals surface area contributed by atoms with Gasteiger partial charge in [0.1, 0.15) is 29.1 Å². The molecular weight excluding hydrogens is 335 g/mol. The predicted molar refractivity (Wildman–Crippen MR) is 71.3 cm³/mol. The van der Waals surface area contributed by atoms with Crippen molar-refractivity contribution in [2.45, 2.75) is 6.18 Å². The lowest BCUT2D eigenvalue weighted by Crippen LogP contribution is -2.17. The number of nitrogens with zero attached hydrogens (tertiary/aromatic N) is 2. The highest BCUT2D eigenvalue weighted by molar-refractivity contribution is 5.80. The van der Waals surface area contributed by atoms with Gasteiger partial charge in [-0.15, -0.1) is 0 Å². The summed E-state index contributed by atoms with van der Waals surface area (Å²) in [6.45, 7) is 0. The number of anilines is 1. The first-order chi connectivity index (χ1) is 11.1. The molecule has 0 aliphatic rings. The number of hydrogen-bond acceptors (Lipinski definition) is 4. The van der Waals surface area contributed by atoms with E-state index in [1.165, 1.54) is 12.1 Å². The van der Waals surface area contributed by atoms with Gasteiger partial charge in [0.25, 0.3) is 5.56 Å². The first-order valence-electron chi connectivity index (χ1n) is 6.05. The van der Waals surface area contributed by atoms with Gasteiger partial charge in [-0.1, -0.05) is 6.07 Å². The Kier molecular flexibility index (Phi) is 4.00. The highest BCUT2D eigenvalue weighted by Gasteiger charge is 2.36. The van der Waals surface area contributed by atoms with Gasteiger partial charge in [0, 0.05) is 11.1 Å². The number of rotatable bonds is 1. The summed E-state index contributed by atoms with van der Waals surface area (Å²) < 4.78 is 65.7. The van der Waals surface area contributed by atoms with Gasteiger partial charge in [-0.2, -0.15) is 23.7 Å². The molecular formula is C14H5F5N4O. The largest absolute Gasteiger partial charge is 0.419 e. The number of halogens is 5. The monoisotopic (exact) mass is 340 g/mol. The van der Waals surface area contributed by atoms with Crippen LogP contribution >= 0.6 is 0 Å². The minimum absolute atomic E-state index is 0.243. The molecule has 10 heteroatoms. The smallest absolute Gasteiger partial charge is 0.384 e. The van der Waals surface area contributed by atoms with E-state index in [4.69, 9.17) is 16.3 Å². The molecule has 0 aliphatic carbocycles. The second-order valence-electron chi connectivity index (χ2n) is 4.50. The molecule has 1 aromatic heterocycles. The molecule has 1 aromatic carbocycles. The second-order valence-corrected chi connectivity index (χ2v) is 4.50. The van der Waals surface area contributed by atoms with E-state index in [1.807, 2.05) is 4.98 Å². The second kappa shape index (κ2) is 5.66. The Bertz CT molecular complexity index is 979. The van der Waals surface area contributed by atoms with Crippen molar-refractivity contribution in [1.29, 1.82) is 10.5 Å². The van der Waals surface area contributed by atoms with Crippen LogP contribution in [-0.4, -0.2) is 4.98 Å². The lowest BCUT2D eigenvalue weighted by molar-refractivity contribution is -0.140. The maximum Gasteiger partial charge on any atom is 0.419 e. The van der Waals surface area contributed by atoms with Gasteiger partial charge >= 0.3 is 6.18 Å². The van der Waals surface area contributed by atoms with Crippen LogP contribution < -0.4 is 11.3 Å². The van der Waals surface area contributed by atoms with Crippen LogP contribution in [0.25, 0.3) is 11.1 Å². The molecule has 0 saturated heterocycles. The van der Waals surface area contributed by atoms with Crippen LogP contribution in [0.3, 0.4) is 0 Å². The van der Waals surface area contributed by atoms with Crippen molar-refractivity contribution in [1.82, 2.24) is 4.98 Å². The van der Waals surface area contributed by atoms with Gasteiger partial charge in [0.2, 0.25) is 0 Å². The SMILES string of the molecule is N#Cc1c(N)[nH]c(=O)c(C#N)c1-c1ccc(C(F)(F)F)c(F)c1F. The Morgan fingerprint density at radius 1 is 1.04 bits per heavy atom. The van der Waals surface area contributed by atoms with Crippen molar-refractivity contribution in [3.05, 3.63) is 50.8 Å². The van der Waals surface area contributed by atoms with E-state index in [1.54, 1.807) is 0 Å². The number of nitrogens with one attached hydrogen (secondary N) is 1. The zero-order chi connectivity index (χ0) is 18.2. The number of nitrogen functional groups attached to an aromatic ring is 1. The van der Waals surface area contributed by atoms with Crippen molar-refractivity contribution in [3.8, 4) is 23.3 Å². The standard InChI is InChI=1S/C14H5F5N4O/c15-10-5(1-2-8(11(10)16)14(17,18)19)9-6(3-20)12(22)23-13(24)7(9)4-21/h1-2H,(H3,22,23,24). The quantitative estimate of drug-likeness (QED) is 0.778. The van der Waals surface area contributed by atoms with Crippen LogP contribution in [0.1, 0.15) is 16.7 Å². The van der Waals surface area contributed by atoms with E-state index < -0.39 is 57.0 Å². The van der Waals surface area contributed by atoms with Gasteiger partial charge in [0.15, 0.2) is 11.6 Å². The molecule has 3 N–H and O–H groups in total. The Morgan fingerprint density at radius 2 is 1.62 bits per heavy atom. The van der Waals surface area contributed by atoms with Gasteiger partial charge in [0.05, 0.1) is 5.56 Å². The molecule has 0 radical (unpaired) electrons. The van der Waals surface area contributed by atoms with Crippen LogP contribution in [0.5, 0.6) is 0 Å². The summed E-state index contributed by atoms with van der Waals surface area (Å²) in [5.74, 6) is -4.70. The third kappa shape index (κ3) is 2.54. The lowest BCUT2D eigenvalue weighted by Gasteiger charge is -2.13. The maximum absolute atomic E-state index is 14.1. The van der Waals surface area contributed by atoms with Crippen LogP contribution in [0, 0.1) is 34.3 Å². The zero-order valence-corrected chi connectivity index (χ0v) is 11.4. The number of nitriles is 2. The molecule has 0 bridgehead atoms. The third-order valence-electron chi connectivity index (χ3n) is 3.13. The maximum atomic E-state index is 14.1. The summed E-state index contributed by atoms with van der Waals surface area (Å²) in [5, 5.41) is 18.1. The average Bonchev–Trinajstić information content (AvgIpc) is 2.48. The molecule has 5 nitrogen and oxygen atoms in total. The fourth-order valence-electron chi connectivity index (χ4n) is 2.07. The van der Waals surface area contributed by atoms with Gasteiger partial charge < -0.3 is 10.7 Å². The highest BCUT2D eigenvalue weighted by atomic mass is 19.4. The van der Waals surface area contributed by atoms with E-state index in [2.05, 4.69) is 0 Å². The van der Waals surface area contributed by atoms with Gasteiger partial charge in [-0.3, -0.25) is 4.79 Å². The minimum atomic E-state index is -5.15. The lowest BCUT2D eigenvalue weighted by atomic mass is 9.95. The molecule has 1 heterocycles. The molecule has 0 amide bonds. The number of nitrogens with two attached hydrogens (primary N) is 1. The zero-order valence-electron chi connectivity index (χ0n) is 11.4.